The van der Waals surface area contributed by atoms with Crippen LogP contribution in [0.3, 0.4) is 0 Å². The van der Waals surface area contributed by atoms with Crippen LogP contribution in [0.15, 0.2) is 152 Å². The first-order valence-corrected chi connectivity index (χ1v) is 46.9. The van der Waals surface area contributed by atoms with Crippen molar-refractivity contribution in [2.24, 2.45) is 46.2 Å². The Balaban J connectivity index is 0.912. The Morgan fingerprint density at radius 1 is 0.385 bits per heavy atom. The summed E-state index contributed by atoms with van der Waals surface area (Å²) in [6.45, 7) is 8.53. The van der Waals surface area contributed by atoms with Gasteiger partial charge in [0.1, 0.15) is 72.5 Å². The van der Waals surface area contributed by atoms with Gasteiger partial charge < -0.3 is 123 Å². The molecule has 38 heteroatoms. The molecule has 0 bridgehead atoms. The molecule has 0 saturated carbocycles. The van der Waals surface area contributed by atoms with Crippen molar-refractivity contribution < 1.29 is 62.3 Å². The van der Waals surface area contributed by atoms with Crippen LogP contribution in [0.2, 0.25) is 0 Å². The van der Waals surface area contributed by atoms with E-state index < -0.39 is 155 Å². The largest absolute Gasteiger partial charge is 0.370 e. The first-order chi connectivity index (χ1) is 64.9. The van der Waals surface area contributed by atoms with Crippen molar-refractivity contribution in [1.82, 2.24) is 88.6 Å². The van der Waals surface area contributed by atoms with Crippen molar-refractivity contribution in [2.75, 3.05) is 39.3 Å². The molecule has 0 unspecified atom stereocenters. The normalized spacial score (nSPS) is 16.3. The van der Waals surface area contributed by atoms with E-state index in [9.17, 15) is 19.2 Å². The van der Waals surface area contributed by atoms with E-state index in [-0.39, 0.29) is 159 Å². The molecule has 0 spiro atoms. The molecule has 2 aliphatic rings. The Kier molecular flexibility index (Phi) is 39.4. The van der Waals surface area contributed by atoms with Crippen LogP contribution in [0.4, 0.5) is 0 Å². The van der Waals surface area contributed by atoms with E-state index in [1.807, 2.05) is 94.4 Å². The smallest absolute Gasteiger partial charge is 0.246 e. The minimum absolute atomic E-state index is 0.00185. The number of fused-ring (bicyclic) bond motifs is 3. The monoisotopic (exact) mass is 1860 g/mol. The zero-order valence-electron chi connectivity index (χ0n) is 77.4. The average Bonchev–Trinajstić information content (AvgIpc) is 1.68. The zero-order chi connectivity index (χ0) is 97.2. The van der Waals surface area contributed by atoms with Crippen molar-refractivity contribution in [1.29, 1.82) is 10.8 Å². The molecule has 726 valence electrons. The lowest BCUT2D eigenvalue weighted by Gasteiger charge is -2.31. The second kappa shape index (κ2) is 51.5. The molecule has 29 N–H and O–H groups in total. The molecule has 3 aromatic heterocycles. The number of nitrogens with two attached hydrogens (primary N) is 6. The van der Waals surface area contributed by atoms with Gasteiger partial charge in [-0.15, -0.1) is 0 Å². The van der Waals surface area contributed by atoms with E-state index in [0.717, 1.165) is 21.8 Å². The van der Waals surface area contributed by atoms with Gasteiger partial charge in [0.2, 0.25) is 76.8 Å². The number of para-hydroxylation sites is 3. The molecule has 2 aliphatic heterocycles. The summed E-state index contributed by atoms with van der Waals surface area (Å²) in [6.07, 6.45) is 8.21. The van der Waals surface area contributed by atoms with Crippen LogP contribution in [-0.4, -0.2) is 231 Å². The van der Waals surface area contributed by atoms with Crippen molar-refractivity contribution >= 4 is 121 Å². The first kappa shape index (κ1) is 103. The minimum Gasteiger partial charge on any atom is -0.370 e. The summed E-state index contributed by atoms with van der Waals surface area (Å²) in [5, 5.41) is 51.6. The van der Waals surface area contributed by atoms with Crippen LogP contribution in [0, 0.1) is 22.7 Å². The molecule has 0 radical (unpaired) electrons. The molecule has 135 heavy (non-hydrogen) atoms. The molecule has 8 aromatic rings. The third-order valence-electron chi connectivity index (χ3n) is 25.0. The second-order valence-electron chi connectivity index (χ2n) is 35.5. The summed E-state index contributed by atoms with van der Waals surface area (Å²) in [4.78, 5) is 207. The number of amides is 13. The zero-order valence-corrected chi connectivity index (χ0v) is 77.4. The summed E-state index contributed by atoms with van der Waals surface area (Å²) in [6, 6.07) is 22.9. The number of unbranched alkanes of at least 4 members (excludes halogenated alkanes) is 2. The number of benzene rings is 5. The van der Waals surface area contributed by atoms with Gasteiger partial charge in [0.25, 0.3) is 0 Å². The van der Waals surface area contributed by atoms with E-state index >= 15 is 43.2 Å². The summed E-state index contributed by atoms with van der Waals surface area (Å²) < 4.78 is 0. The average molecular weight is 1860 g/mol. The molecule has 2 fully saturated rings. The molecule has 5 aromatic carbocycles. The van der Waals surface area contributed by atoms with Crippen LogP contribution in [0.5, 0.6) is 0 Å². The summed E-state index contributed by atoms with van der Waals surface area (Å²) in [7, 11) is 0. The van der Waals surface area contributed by atoms with E-state index in [4.69, 9.17) is 45.2 Å². The lowest BCUT2D eigenvalue weighted by atomic mass is 9.97. The second-order valence-corrected chi connectivity index (χ2v) is 35.5. The van der Waals surface area contributed by atoms with E-state index in [2.05, 4.69) is 78.8 Å². The van der Waals surface area contributed by atoms with Crippen LogP contribution in [0.1, 0.15) is 158 Å². The number of primary amides is 1. The van der Waals surface area contributed by atoms with Gasteiger partial charge in [-0.2, -0.15) is 0 Å². The lowest BCUT2D eigenvalue weighted by Crippen LogP contribution is -2.61. The highest BCUT2D eigenvalue weighted by molar-refractivity contribution is 6.02. The van der Waals surface area contributed by atoms with Gasteiger partial charge in [0, 0.05) is 110 Å². The Hall–Kier alpha value is -13.8. The quantitative estimate of drug-likeness (QED) is 0.0147. The van der Waals surface area contributed by atoms with Crippen molar-refractivity contribution in [3.05, 3.63) is 180 Å². The van der Waals surface area contributed by atoms with E-state index in [1.54, 1.807) is 85.3 Å². The molecule has 10 rings (SSSR count). The molecule has 2 saturated heterocycles. The molecule has 5 heterocycles. The van der Waals surface area contributed by atoms with Gasteiger partial charge in [-0.05, 0) is 167 Å². The van der Waals surface area contributed by atoms with Crippen molar-refractivity contribution in [3.63, 3.8) is 0 Å². The van der Waals surface area contributed by atoms with Gasteiger partial charge in [-0.25, -0.2) is 0 Å². The number of hydrogen-bond donors (Lipinski definition) is 23. The Morgan fingerprint density at radius 3 is 1.08 bits per heavy atom. The molecule has 13 amide bonds. The number of H-pyrrole nitrogens is 3. The maximum Gasteiger partial charge on any atom is 0.246 e. The van der Waals surface area contributed by atoms with Crippen LogP contribution < -0.4 is 98.2 Å². The highest BCUT2D eigenvalue weighted by Gasteiger charge is 2.44. The molecule has 38 nitrogen and oxygen atoms in total. The Bertz CT molecular complexity index is 5370. The van der Waals surface area contributed by atoms with Gasteiger partial charge in [0.05, 0.1) is 6.04 Å². The number of aromatic nitrogens is 3. The maximum atomic E-state index is 15.7. The number of guanidine groups is 2. The van der Waals surface area contributed by atoms with E-state index in [1.165, 1.54) is 9.80 Å². The van der Waals surface area contributed by atoms with Crippen molar-refractivity contribution in [2.45, 2.75) is 241 Å². The molecular weight excluding hydrogens is 1720 g/mol. The standard InChI is InChI=1S/C97H135N25O13/c1-5-58(4)82(100)93(133)120-78(48-57(2)3)94(134)121-46-24-40-80(121)91(131)117-76(52-62-55-109-68-34-16-13-31-65(62)68)89(129)113-72(37-19-21-43-99)86(126)116-75(51-61-54-108-67-33-15-12-30-64(61)67)88(128)112-71(36-18-20-42-98)85(125)115-74(49-59-26-8-6-9-27-59)87(127)119-79(50-60-28-10-7-11-29-60)95(135)122-47-25-41-81(122)92(132)118-77(53-63-56-110-69-35-17-14-32-66(63)69)90(130)114-73(39-23-45-107-97(104)105)84(124)111-70(83(101)123)38-22-44-106-96(102)103/h6-17,26-35,54-58,70-82,108-110H,5,18-25,36-53,98-100H2,1-4H3,(H2,101,123)(H,111,124)(H,112,128)(H,113,129)(H,114,130)(H,115,125)(H,116,126)(H,117,131)(H,118,132)(H,119,127)(H,120,133)(H4,102,103,106)(H4,104,105,107)/t58-,70-,71-,72-,73-,74-,75-,76-,77-,78-,79-,80-,81-,82-/m0/s1. The van der Waals surface area contributed by atoms with Gasteiger partial charge in [-0.1, -0.05) is 149 Å². The fourth-order valence-corrected chi connectivity index (χ4v) is 17.4. The number of likely N-dealkylation sites (tertiary alicyclic amines) is 2. The minimum atomic E-state index is -1.49. The third kappa shape index (κ3) is 30.1. The number of carbonyl (C=O) groups is 13. The summed E-state index contributed by atoms with van der Waals surface area (Å²) in [5.74, 6) is -10.4. The van der Waals surface area contributed by atoms with Crippen LogP contribution in [0.25, 0.3) is 32.7 Å². The molecular formula is C97H135N25O13. The predicted molar refractivity (Wildman–Crippen MR) is 515 cm³/mol. The van der Waals surface area contributed by atoms with Gasteiger partial charge in [0.15, 0.2) is 11.9 Å². The highest BCUT2D eigenvalue weighted by atomic mass is 16.2. The van der Waals surface area contributed by atoms with Gasteiger partial charge in [-0.3, -0.25) is 73.1 Å². The molecule has 0 aliphatic carbocycles. The topological polar surface area (TPSA) is 624 Å². The number of rotatable bonds is 53. The van der Waals surface area contributed by atoms with E-state index in [0.29, 0.717) is 77.2 Å². The van der Waals surface area contributed by atoms with Crippen LogP contribution >= 0.6 is 0 Å². The van der Waals surface area contributed by atoms with Crippen LogP contribution in [-0.2, 0) is 94.4 Å². The third-order valence-corrected chi connectivity index (χ3v) is 25.0. The Labute approximate surface area is 785 Å². The number of hydrogen-bond acceptors (Lipinski definition) is 18. The molecule has 14 atom stereocenters. The fraction of sp³-hybridized carbons (Fsp3) is 0.474. The summed E-state index contributed by atoms with van der Waals surface area (Å²) in [5.41, 5.74) is 40.6. The fourth-order valence-electron chi connectivity index (χ4n) is 17.4. The number of nitrogens with zero attached hydrogens (tertiary/aromatic N) is 2. The SMILES string of the molecule is CC[C@H](C)[C@H](N)C(=O)N[C@@H](CC(C)C)C(=O)N1CCC[C@H]1C(=O)N[C@@H](Cc1c[nH]c2ccccc12)C(=O)N[C@@H](CCCCN)C(=O)N[C@@H](Cc1c[nH]c2ccccc12)C(=O)N[C@@H](CCCCN)C(=O)N[C@@H](Cc1ccccc1)C(=O)N[C@@H](Cc1ccccc1)C(=O)N1CCC[C@H]1C(=O)N[C@@H](Cc1c[nH]c2ccccc12)C(=O)N[C@@H](CCCNC(=N)N)C(=O)N[C@@H](CCCNC(=N)N)C(N)=O. The first-order valence-electron chi connectivity index (χ1n) is 46.9. The number of nitrogens with one attached hydrogen (secondary N) is 17. The number of aromatic amines is 3. The Morgan fingerprint density at radius 2 is 0.704 bits per heavy atom. The number of carbonyl (C=O) groups excluding carboxylic acids is 13. The highest BCUT2D eigenvalue weighted by Crippen LogP contribution is 2.28. The lowest BCUT2D eigenvalue weighted by molar-refractivity contribution is -0.142. The predicted octanol–water partition coefficient (Wildman–Crippen LogP) is 2.16. The van der Waals surface area contributed by atoms with Crippen molar-refractivity contribution in [3.8, 4) is 0 Å². The van der Waals surface area contributed by atoms with Gasteiger partial charge >= 0.3 is 0 Å². The summed E-state index contributed by atoms with van der Waals surface area (Å²) >= 11 is 0. The maximum absolute atomic E-state index is 15.7.